The second-order valence-electron chi connectivity index (χ2n) is 2.93. The van der Waals surface area contributed by atoms with Gasteiger partial charge in [0.1, 0.15) is 0 Å². The lowest BCUT2D eigenvalue weighted by molar-refractivity contribution is 1.13. The molecule has 13 heavy (non-hydrogen) atoms. The first-order chi connectivity index (χ1) is 6.24. The van der Waals surface area contributed by atoms with E-state index in [0.717, 1.165) is 5.56 Å². The van der Waals surface area contributed by atoms with Crippen LogP contribution >= 0.6 is 0 Å². The van der Waals surface area contributed by atoms with E-state index in [1.165, 1.54) is 11.9 Å². The highest BCUT2D eigenvalue weighted by Crippen LogP contribution is 2.12. The highest BCUT2D eigenvalue weighted by molar-refractivity contribution is 5.55. The van der Waals surface area contributed by atoms with Crippen LogP contribution in [0.1, 0.15) is 5.56 Å². The molecule has 0 heterocycles. The first-order valence-corrected chi connectivity index (χ1v) is 4.04. The number of rotatable bonds is 2. The molecule has 1 rings (SSSR count). The molecular weight excluding hydrogens is 160 g/mol. The minimum atomic E-state index is 1.06. The molecule has 0 amide bonds. The fourth-order valence-corrected chi connectivity index (χ4v) is 1.01. The SMILES string of the molecule is [C-]#[N+]/C=C/c1ccc(N(C)C)cc1. The van der Waals surface area contributed by atoms with Crippen LogP contribution in [0.5, 0.6) is 0 Å². The Balaban J connectivity index is 2.83. The molecule has 1 aromatic rings. The molecule has 0 spiro atoms. The predicted octanol–water partition coefficient (Wildman–Crippen LogP) is 2.64. The summed E-state index contributed by atoms with van der Waals surface area (Å²) in [5.74, 6) is 0. The van der Waals surface area contributed by atoms with Crippen molar-refractivity contribution in [2.24, 2.45) is 0 Å². The van der Waals surface area contributed by atoms with Gasteiger partial charge in [0.25, 0.3) is 0 Å². The monoisotopic (exact) mass is 172 g/mol. The van der Waals surface area contributed by atoms with Crippen LogP contribution in [0.15, 0.2) is 30.5 Å². The molecule has 66 valence electrons. The van der Waals surface area contributed by atoms with Gasteiger partial charge in [-0.15, -0.1) is 0 Å². The van der Waals surface area contributed by atoms with E-state index in [0.29, 0.717) is 0 Å². The van der Waals surface area contributed by atoms with Gasteiger partial charge in [-0.25, -0.2) is 4.85 Å². The van der Waals surface area contributed by atoms with Gasteiger partial charge >= 0.3 is 0 Å². The Labute approximate surface area is 78.9 Å². The van der Waals surface area contributed by atoms with Crippen molar-refractivity contribution in [3.8, 4) is 0 Å². The molecular formula is C11H12N2. The van der Waals surface area contributed by atoms with E-state index in [1.807, 2.05) is 43.3 Å². The van der Waals surface area contributed by atoms with Crippen molar-refractivity contribution < 1.29 is 0 Å². The van der Waals surface area contributed by atoms with Crippen molar-refractivity contribution in [3.63, 3.8) is 0 Å². The van der Waals surface area contributed by atoms with E-state index in [-0.39, 0.29) is 0 Å². The zero-order valence-electron chi connectivity index (χ0n) is 7.86. The fraction of sp³-hybridized carbons (Fsp3) is 0.182. The van der Waals surface area contributed by atoms with Gasteiger partial charge in [-0.1, -0.05) is 18.2 Å². The second-order valence-corrected chi connectivity index (χ2v) is 2.93. The van der Waals surface area contributed by atoms with Crippen molar-refractivity contribution in [2.45, 2.75) is 0 Å². The summed E-state index contributed by atoms with van der Waals surface area (Å²) >= 11 is 0. The molecule has 0 aromatic heterocycles. The molecule has 0 aliphatic carbocycles. The highest BCUT2D eigenvalue weighted by atomic mass is 15.1. The van der Waals surface area contributed by atoms with Crippen molar-refractivity contribution in [1.29, 1.82) is 0 Å². The van der Waals surface area contributed by atoms with E-state index in [2.05, 4.69) is 4.85 Å². The van der Waals surface area contributed by atoms with Gasteiger partial charge in [0.2, 0.25) is 0 Å². The fourth-order valence-electron chi connectivity index (χ4n) is 1.01. The number of hydrogen-bond acceptors (Lipinski definition) is 1. The lowest BCUT2D eigenvalue weighted by atomic mass is 10.2. The van der Waals surface area contributed by atoms with Crippen LogP contribution in [-0.4, -0.2) is 14.1 Å². The lowest BCUT2D eigenvalue weighted by Crippen LogP contribution is -2.07. The number of hydrogen-bond donors (Lipinski definition) is 0. The van der Waals surface area contributed by atoms with Crippen molar-refractivity contribution >= 4 is 11.8 Å². The predicted molar refractivity (Wildman–Crippen MR) is 56.4 cm³/mol. The van der Waals surface area contributed by atoms with Gasteiger partial charge in [-0.2, -0.15) is 0 Å². The second kappa shape index (κ2) is 4.32. The molecule has 0 fully saturated rings. The molecule has 0 N–H and O–H groups in total. The average Bonchev–Trinajstić information content (AvgIpc) is 2.15. The zero-order chi connectivity index (χ0) is 9.68. The number of benzene rings is 1. The Bertz CT molecular complexity index is 328. The zero-order valence-corrected chi connectivity index (χ0v) is 7.86. The Morgan fingerprint density at radius 1 is 1.23 bits per heavy atom. The molecule has 0 bridgehead atoms. The molecule has 0 radical (unpaired) electrons. The lowest BCUT2D eigenvalue weighted by Gasteiger charge is -2.11. The van der Waals surface area contributed by atoms with Gasteiger partial charge in [0.05, 0.1) is 6.57 Å². The topological polar surface area (TPSA) is 7.60 Å². The Kier molecular flexibility index (Phi) is 3.10. The summed E-state index contributed by atoms with van der Waals surface area (Å²) in [6.45, 7) is 6.59. The standard InChI is InChI=1S/C11H12N2/c1-12-9-8-10-4-6-11(7-5-10)13(2)3/h4-9H,2-3H3/b9-8+. The van der Waals surface area contributed by atoms with Crippen molar-refractivity contribution in [2.75, 3.05) is 19.0 Å². The van der Waals surface area contributed by atoms with Gasteiger partial charge in [0.15, 0.2) is 6.20 Å². The van der Waals surface area contributed by atoms with Crippen LogP contribution < -0.4 is 4.90 Å². The van der Waals surface area contributed by atoms with Gasteiger partial charge < -0.3 is 4.90 Å². The third-order valence-electron chi connectivity index (χ3n) is 1.75. The quantitative estimate of drug-likeness (QED) is 0.622. The smallest absolute Gasteiger partial charge is 0.154 e. The van der Waals surface area contributed by atoms with Crippen molar-refractivity contribution in [3.05, 3.63) is 47.4 Å². The highest BCUT2D eigenvalue weighted by Gasteiger charge is 1.92. The van der Waals surface area contributed by atoms with E-state index < -0.39 is 0 Å². The van der Waals surface area contributed by atoms with Crippen LogP contribution in [0.3, 0.4) is 0 Å². The van der Waals surface area contributed by atoms with Crippen LogP contribution in [0.4, 0.5) is 5.69 Å². The summed E-state index contributed by atoms with van der Waals surface area (Å²) < 4.78 is 0. The third kappa shape index (κ3) is 2.64. The Morgan fingerprint density at radius 3 is 2.31 bits per heavy atom. The van der Waals surface area contributed by atoms with Crippen LogP contribution in [0.25, 0.3) is 10.9 Å². The van der Waals surface area contributed by atoms with E-state index in [1.54, 1.807) is 6.08 Å². The minimum Gasteiger partial charge on any atom is -0.378 e. The molecule has 0 unspecified atom stereocenters. The first-order valence-electron chi connectivity index (χ1n) is 4.04. The summed E-state index contributed by atoms with van der Waals surface area (Å²) in [4.78, 5) is 5.19. The number of nitrogens with zero attached hydrogens (tertiary/aromatic N) is 2. The summed E-state index contributed by atoms with van der Waals surface area (Å²) in [5.41, 5.74) is 2.22. The van der Waals surface area contributed by atoms with Crippen LogP contribution in [0, 0.1) is 6.57 Å². The van der Waals surface area contributed by atoms with E-state index in [9.17, 15) is 0 Å². The Morgan fingerprint density at radius 2 is 1.85 bits per heavy atom. The molecule has 0 aliphatic rings. The molecule has 2 heteroatoms. The maximum Gasteiger partial charge on any atom is 0.154 e. The number of anilines is 1. The van der Waals surface area contributed by atoms with E-state index >= 15 is 0 Å². The van der Waals surface area contributed by atoms with E-state index in [4.69, 9.17) is 6.57 Å². The summed E-state index contributed by atoms with van der Waals surface area (Å²) in [7, 11) is 4.01. The van der Waals surface area contributed by atoms with Gasteiger partial charge in [-0.3, -0.25) is 0 Å². The molecule has 2 nitrogen and oxygen atoms in total. The normalized spacial score (nSPS) is 9.92. The maximum absolute atomic E-state index is 6.59. The van der Waals surface area contributed by atoms with Gasteiger partial charge in [0, 0.05) is 19.8 Å². The van der Waals surface area contributed by atoms with Crippen LogP contribution in [-0.2, 0) is 0 Å². The summed E-state index contributed by atoms with van der Waals surface area (Å²) in [5, 5.41) is 0. The molecule has 0 atom stereocenters. The first kappa shape index (κ1) is 9.34. The van der Waals surface area contributed by atoms with Gasteiger partial charge in [-0.05, 0) is 17.7 Å². The summed E-state index contributed by atoms with van der Waals surface area (Å²) in [6, 6.07) is 8.06. The largest absolute Gasteiger partial charge is 0.378 e. The molecule has 0 aliphatic heterocycles. The minimum absolute atomic E-state index is 1.06. The molecule has 1 aromatic carbocycles. The van der Waals surface area contributed by atoms with Crippen LogP contribution in [0.2, 0.25) is 0 Å². The molecule has 0 saturated carbocycles. The molecule has 0 saturated heterocycles. The average molecular weight is 172 g/mol. The third-order valence-corrected chi connectivity index (χ3v) is 1.75. The summed E-state index contributed by atoms with van der Waals surface area (Å²) in [6.07, 6.45) is 3.26. The van der Waals surface area contributed by atoms with Crippen molar-refractivity contribution in [1.82, 2.24) is 0 Å². The Hall–Kier alpha value is -1.75. The maximum atomic E-state index is 6.59.